The first-order chi connectivity index (χ1) is 16.9. The van der Waals surface area contributed by atoms with Gasteiger partial charge in [0, 0.05) is 11.4 Å². The molecule has 7 nitrogen and oxygen atoms in total. The average Bonchev–Trinajstić information content (AvgIpc) is 2.85. The Morgan fingerprint density at radius 1 is 0.857 bits per heavy atom. The molecule has 0 aliphatic rings. The first kappa shape index (κ1) is 26.2. The van der Waals surface area contributed by atoms with Gasteiger partial charge in [0.05, 0.1) is 17.1 Å². The molecule has 0 aromatic heterocycles. The van der Waals surface area contributed by atoms with Gasteiger partial charge in [-0.3, -0.25) is 14.8 Å². The molecule has 0 aliphatic carbocycles. The zero-order valence-corrected chi connectivity index (χ0v) is 21.1. The minimum absolute atomic E-state index is 0.0887. The van der Waals surface area contributed by atoms with Crippen molar-refractivity contribution in [3.8, 4) is 5.75 Å². The zero-order chi connectivity index (χ0) is 25.1. The van der Waals surface area contributed by atoms with Crippen LogP contribution in [0.15, 0.2) is 83.8 Å². The molecule has 0 heterocycles. The summed E-state index contributed by atoms with van der Waals surface area (Å²) < 4.78 is 33.5. The fourth-order valence-electron chi connectivity index (χ4n) is 3.26. The lowest BCUT2D eigenvalue weighted by molar-refractivity contribution is 0.0973. The lowest BCUT2D eigenvalue weighted by Crippen LogP contribution is -2.34. The van der Waals surface area contributed by atoms with Crippen LogP contribution in [0.1, 0.15) is 43.0 Å². The number of benzene rings is 3. The third kappa shape index (κ3) is 8.08. The van der Waals surface area contributed by atoms with Gasteiger partial charge in [-0.25, -0.2) is 8.42 Å². The van der Waals surface area contributed by atoms with Crippen LogP contribution < -0.4 is 20.1 Å². The Hall–Kier alpha value is -3.43. The van der Waals surface area contributed by atoms with E-state index in [0.717, 1.165) is 25.7 Å². The van der Waals surface area contributed by atoms with Gasteiger partial charge in [0.1, 0.15) is 5.75 Å². The van der Waals surface area contributed by atoms with Crippen molar-refractivity contribution >= 4 is 44.6 Å². The number of ether oxygens (including phenoxy) is 1. The Bertz CT molecular complexity index is 1230. The van der Waals surface area contributed by atoms with Gasteiger partial charge in [-0.1, -0.05) is 56.5 Å². The van der Waals surface area contributed by atoms with Gasteiger partial charge in [0.25, 0.3) is 15.9 Å². The molecule has 0 saturated carbocycles. The summed E-state index contributed by atoms with van der Waals surface area (Å²) in [6.07, 6.45) is 4.31. The van der Waals surface area contributed by atoms with E-state index in [9.17, 15) is 13.2 Å². The molecule has 0 bridgehead atoms. The minimum Gasteiger partial charge on any atom is -0.493 e. The van der Waals surface area contributed by atoms with Gasteiger partial charge in [-0.05, 0) is 67.2 Å². The Morgan fingerprint density at radius 2 is 1.54 bits per heavy atom. The van der Waals surface area contributed by atoms with Crippen LogP contribution in [0.25, 0.3) is 0 Å². The molecule has 0 fully saturated rings. The summed E-state index contributed by atoms with van der Waals surface area (Å²) >= 11 is 5.27. The summed E-state index contributed by atoms with van der Waals surface area (Å²) in [5.41, 5.74) is 1.40. The van der Waals surface area contributed by atoms with Crippen molar-refractivity contribution in [1.82, 2.24) is 5.32 Å². The van der Waals surface area contributed by atoms with Crippen LogP contribution in [0.3, 0.4) is 0 Å². The van der Waals surface area contributed by atoms with Gasteiger partial charge in [0.15, 0.2) is 5.11 Å². The van der Waals surface area contributed by atoms with Crippen LogP contribution in [0.5, 0.6) is 5.75 Å². The highest BCUT2D eigenvalue weighted by Gasteiger charge is 2.16. The molecule has 0 saturated heterocycles. The highest BCUT2D eigenvalue weighted by molar-refractivity contribution is 7.92. The van der Waals surface area contributed by atoms with Gasteiger partial charge in [-0.2, -0.15) is 0 Å². The zero-order valence-electron chi connectivity index (χ0n) is 19.5. The van der Waals surface area contributed by atoms with Crippen LogP contribution in [0, 0.1) is 0 Å². The SMILES string of the molecule is CCCCCCOc1ccccc1C(=O)NC(=S)Nc1ccc(S(=O)(=O)Nc2ccccc2)cc1. The third-order valence-electron chi connectivity index (χ3n) is 5.06. The summed E-state index contributed by atoms with van der Waals surface area (Å²) in [5, 5.41) is 5.63. The molecule has 3 aromatic carbocycles. The van der Waals surface area contributed by atoms with Gasteiger partial charge < -0.3 is 10.1 Å². The topological polar surface area (TPSA) is 96.5 Å². The molecule has 1 amide bonds. The maximum Gasteiger partial charge on any atom is 0.261 e. The molecule has 0 unspecified atom stereocenters. The maximum absolute atomic E-state index is 12.8. The number of rotatable bonds is 11. The summed E-state index contributed by atoms with van der Waals surface area (Å²) in [5.74, 6) is 0.114. The van der Waals surface area contributed by atoms with Gasteiger partial charge in [-0.15, -0.1) is 0 Å². The minimum atomic E-state index is -3.73. The van der Waals surface area contributed by atoms with E-state index in [1.807, 2.05) is 6.07 Å². The van der Waals surface area contributed by atoms with E-state index in [2.05, 4.69) is 22.3 Å². The average molecular weight is 512 g/mol. The molecule has 3 aromatic rings. The van der Waals surface area contributed by atoms with Crippen LogP contribution >= 0.6 is 12.2 Å². The second-order valence-corrected chi connectivity index (χ2v) is 9.90. The van der Waals surface area contributed by atoms with Crippen molar-refractivity contribution in [1.29, 1.82) is 0 Å². The molecule has 0 radical (unpaired) electrons. The van der Waals surface area contributed by atoms with E-state index in [-0.39, 0.29) is 10.0 Å². The second kappa shape index (κ2) is 12.9. The Balaban J connectivity index is 1.56. The number of thiocarbonyl (C=S) groups is 1. The van der Waals surface area contributed by atoms with Crippen LogP contribution in [-0.4, -0.2) is 26.0 Å². The van der Waals surface area contributed by atoms with Crippen LogP contribution in [-0.2, 0) is 10.0 Å². The van der Waals surface area contributed by atoms with E-state index in [1.165, 1.54) is 12.1 Å². The number of anilines is 2. The first-order valence-electron chi connectivity index (χ1n) is 11.4. The fourth-order valence-corrected chi connectivity index (χ4v) is 4.53. The summed E-state index contributed by atoms with van der Waals surface area (Å²) in [6, 6.07) is 21.7. The highest BCUT2D eigenvalue weighted by Crippen LogP contribution is 2.20. The monoisotopic (exact) mass is 511 g/mol. The predicted molar refractivity (Wildman–Crippen MR) is 143 cm³/mol. The Labute approximate surface area is 212 Å². The molecule has 3 N–H and O–H groups in total. The molecular formula is C26H29N3O4S2. The summed E-state index contributed by atoms with van der Waals surface area (Å²) in [7, 11) is -3.73. The lowest BCUT2D eigenvalue weighted by Gasteiger charge is -2.13. The molecule has 0 atom stereocenters. The predicted octanol–water partition coefficient (Wildman–Crippen LogP) is 5.57. The highest BCUT2D eigenvalue weighted by atomic mass is 32.2. The Kier molecular flexibility index (Phi) is 9.63. The molecular weight excluding hydrogens is 482 g/mol. The summed E-state index contributed by atoms with van der Waals surface area (Å²) in [4.78, 5) is 12.9. The van der Waals surface area contributed by atoms with Crippen LogP contribution in [0.4, 0.5) is 11.4 Å². The van der Waals surface area contributed by atoms with E-state index in [1.54, 1.807) is 60.7 Å². The number of carbonyl (C=O) groups is 1. The van der Waals surface area contributed by atoms with Crippen molar-refractivity contribution < 1.29 is 17.9 Å². The largest absolute Gasteiger partial charge is 0.493 e. The number of carbonyl (C=O) groups excluding carboxylic acids is 1. The van der Waals surface area contributed by atoms with E-state index in [4.69, 9.17) is 17.0 Å². The van der Waals surface area contributed by atoms with E-state index < -0.39 is 15.9 Å². The summed E-state index contributed by atoms with van der Waals surface area (Å²) in [6.45, 7) is 2.69. The standard InChI is InChI=1S/C26H29N3O4S2/c1-2-3-4-10-19-33-24-14-9-8-13-23(24)25(30)28-26(34)27-20-15-17-22(18-16-20)35(31,32)29-21-11-6-5-7-12-21/h5-9,11-18,29H,2-4,10,19H2,1H3,(H2,27,28,30,34). The molecule has 184 valence electrons. The van der Waals surface area contributed by atoms with Crippen molar-refractivity contribution in [2.45, 2.75) is 37.5 Å². The van der Waals surface area contributed by atoms with Gasteiger partial charge in [0.2, 0.25) is 0 Å². The van der Waals surface area contributed by atoms with Crippen molar-refractivity contribution in [3.63, 3.8) is 0 Å². The van der Waals surface area contributed by atoms with Gasteiger partial charge >= 0.3 is 0 Å². The molecule has 3 rings (SSSR count). The fraction of sp³-hybridized carbons (Fsp3) is 0.231. The third-order valence-corrected chi connectivity index (χ3v) is 6.66. The Morgan fingerprint density at radius 3 is 2.26 bits per heavy atom. The number of hydrogen-bond acceptors (Lipinski definition) is 5. The number of hydrogen-bond donors (Lipinski definition) is 3. The smallest absolute Gasteiger partial charge is 0.261 e. The lowest BCUT2D eigenvalue weighted by atomic mass is 10.2. The first-order valence-corrected chi connectivity index (χ1v) is 13.3. The molecule has 0 aliphatic heterocycles. The quantitative estimate of drug-likeness (QED) is 0.230. The van der Waals surface area contributed by atoms with Crippen LogP contribution in [0.2, 0.25) is 0 Å². The molecule has 9 heteroatoms. The van der Waals surface area contributed by atoms with Crippen molar-refractivity contribution in [2.24, 2.45) is 0 Å². The van der Waals surface area contributed by atoms with E-state index >= 15 is 0 Å². The molecule has 35 heavy (non-hydrogen) atoms. The number of para-hydroxylation sites is 2. The molecule has 0 spiro atoms. The normalized spacial score (nSPS) is 10.9. The van der Waals surface area contributed by atoms with Crippen molar-refractivity contribution in [3.05, 3.63) is 84.4 Å². The number of amides is 1. The number of sulfonamides is 1. The maximum atomic E-state index is 12.8. The second-order valence-electron chi connectivity index (χ2n) is 7.81. The van der Waals surface area contributed by atoms with E-state index in [0.29, 0.717) is 29.3 Å². The van der Waals surface area contributed by atoms with Crippen molar-refractivity contribution in [2.75, 3.05) is 16.6 Å². The number of nitrogens with one attached hydrogen (secondary N) is 3. The number of unbranched alkanes of at least 4 members (excludes halogenated alkanes) is 3.